The van der Waals surface area contributed by atoms with Crippen LogP contribution in [0.15, 0.2) is 35.5 Å². The van der Waals surface area contributed by atoms with E-state index in [9.17, 15) is 9.59 Å². The Balaban J connectivity index is 1.66. The predicted octanol–water partition coefficient (Wildman–Crippen LogP) is 2.43. The van der Waals surface area contributed by atoms with E-state index >= 15 is 0 Å². The standard InChI is InChI=1S/C17H16N4O2S/c1-10-13(16(22)19-8-11-4-2-3-7-18-11)14-15(24-10)17(23)21(9-20-14)12-5-6-12/h2-4,7,9,12H,5-6,8H2,1H3,(H,19,22). The largest absolute Gasteiger partial charge is 0.346 e. The van der Waals surface area contributed by atoms with Crippen LogP contribution in [-0.4, -0.2) is 20.4 Å². The maximum atomic E-state index is 12.6. The van der Waals surface area contributed by atoms with Gasteiger partial charge >= 0.3 is 0 Å². The molecule has 1 fully saturated rings. The summed E-state index contributed by atoms with van der Waals surface area (Å²) in [6, 6.07) is 5.84. The molecule has 1 amide bonds. The summed E-state index contributed by atoms with van der Waals surface area (Å²) in [6.45, 7) is 2.19. The molecule has 7 heteroatoms. The molecule has 122 valence electrons. The number of nitrogens with one attached hydrogen (secondary N) is 1. The summed E-state index contributed by atoms with van der Waals surface area (Å²) < 4.78 is 2.25. The number of fused-ring (bicyclic) bond motifs is 1. The second kappa shape index (κ2) is 5.83. The molecule has 0 saturated heterocycles. The van der Waals surface area contributed by atoms with Crippen LogP contribution >= 0.6 is 11.3 Å². The molecule has 1 aliphatic carbocycles. The first-order valence-corrected chi connectivity index (χ1v) is 8.65. The molecule has 0 aromatic carbocycles. The number of aryl methyl sites for hydroxylation is 1. The number of hydrogen-bond acceptors (Lipinski definition) is 5. The van der Waals surface area contributed by atoms with Crippen LogP contribution in [-0.2, 0) is 6.54 Å². The van der Waals surface area contributed by atoms with Gasteiger partial charge in [-0.3, -0.25) is 19.1 Å². The van der Waals surface area contributed by atoms with Crippen LogP contribution in [0.3, 0.4) is 0 Å². The fraction of sp³-hybridized carbons (Fsp3) is 0.294. The van der Waals surface area contributed by atoms with Crippen molar-refractivity contribution in [2.45, 2.75) is 32.4 Å². The highest BCUT2D eigenvalue weighted by molar-refractivity contribution is 7.19. The highest BCUT2D eigenvalue weighted by atomic mass is 32.1. The van der Waals surface area contributed by atoms with Gasteiger partial charge in [-0.05, 0) is 31.9 Å². The van der Waals surface area contributed by atoms with Crippen molar-refractivity contribution in [3.63, 3.8) is 0 Å². The first-order chi connectivity index (χ1) is 11.6. The third kappa shape index (κ3) is 2.60. The maximum absolute atomic E-state index is 12.6. The third-order valence-electron chi connectivity index (χ3n) is 4.12. The molecule has 4 rings (SSSR count). The van der Waals surface area contributed by atoms with Gasteiger partial charge in [-0.2, -0.15) is 0 Å². The van der Waals surface area contributed by atoms with Crippen LogP contribution in [0.1, 0.15) is 39.8 Å². The van der Waals surface area contributed by atoms with Crippen molar-refractivity contribution >= 4 is 27.5 Å². The van der Waals surface area contributed by atoms with E-state index in [4.69, 9.17) is 0 Å². The van der Waals surface area contributed by atoms with Crippen molar-refractivity contribution in [2.24, 2.45) is 0 Å². The average molecular weight is 340 g/mol. The van der Waals surface area contributed by atoms with Crippen LogP contribution in [0.5, 0.6) is 0 Å². The van der Waals surface area contributed by atoms with Gasteiger partial charge < -0.3 is 5.32 Å². The van der Waals surface area contributed by atoms with Crippen molar-refractivity contribution in [3.05, 3.63) is 57.2 Å². The topological polar surface area (TPSA) is 76.9 Å². The number of aromatic nitrogens is 3. The summed E-state index contributed by atoms with van der Waals surface area (Å²) in [5, 5.41) is 2.86. The van der Waals surface area contributed by atoms with Gasteiger partial charge in [0.1, 0.15) is 10.2 Å². The Hall–Kier alpha value is -2.54. The number of thiophene rings is 1. The van der Waals surface area contributed by atoms with Crippen LogP contribution in [0.2, 0.25) is 0 Å². The van der Waals surface area contributed by atoms with Crippen molar-refractivity contribution in [1.82, 2.24) is 19.9 Å². The zero-order chi connectivity index (χ0) is 16.7. The maximum Gasteiger partial charge on any atom is 0.271 e. The number of amides is 1. The fourth-order valence-corrected chi connectivity index (χ4v) is 3.77. The molecule has 0 bridgehead atoms. The van der Waals surface area contributed by atoms with Gasteiger partial charge in [0, 0.05) is 17.1 Å². The molecule has 1 aliphatic rings. The number of carbonyl (C=O) groups excluding carboxylic acids is 1. The van der Waals surface area contributed by atoms with E-state index in [1.165, 1.54) is 11.3 Å². The molecule has 1 N–H and O–H groups in total. The molecular formula is C17H16N4O2S. The monoisotopic (exact) mass is 340 g/mol. The minimum Gasteiger partial charge on any atom is -0.346 e. The molecule has 0 radical (unpaired) electrons. The van der Waals surface area contributed by atoms with Crippen molar-refractivity contribution < 1.29 is 4.79 Å². The van der Waals surface area contributed by atoms with E-state index in [1.54, 1.807) is 17.1 Å². The van der Waals surface area contributed by atoms with Crippen molar-refractivity contribution in [3.8, 4) is 0 Å². The zero-order valence-corrected chi connectivity index (χ0v) is 14.0. The quantitative estimate of drug-likeness (QED) is 0.791. The summed E-state index contributed by atoms with van der Waals surface area (Å²) in [4.78, 5) is 34.5. The fourth-order valence-electron chi connectivity index (χ4n) is 2.73. The van der Waals surface area contributed by atoms with Crippen LogP contribution < -0.4 is 10.9 Å². The van der Waals surface area contributed by atoms with E-state index in [0.717, 1.165) is 23.4 Å². The first kappa shape index (κ1) is 15.0. The normalized spacial score (nSPS) is 14.0. The lowest BCUT2D eigenvalue weighted by atomic mass is 10.2. The Morgan fingerprint density at radius 1 is 1.38 bits per heavy atom. The smallest absolute Gasteiger partial charge is 0.271 e. The Labute approximate surface area is 142 Å². The lowest BCUT2D eigenvalue weighted by Gasteiger charge is -2.05. The molecule has 0 atom stereocenters. The first-order valence-electron chi connectivity index (χ1n) is 7.83. The van der Waals surface area contributed by atoms with Crippen LogP contribution in [0, 0.1) is 6.92 Å². The number of pyridine rings is 1. The number of carbonyl (C=O) groups is 1. The summed E-state index contributed by atoms with van der Waals surface area (Å²) in [5.41, 5.74) is 1.73. The number of rotatable bonds is 4. The highest BCUT2D eigenvalue weighted by Gasteiger charge is 2.27. The molecule has 3 aromatic rings. The van der Waals surface area contributed by atoms with Gasteiger partial charge in [-0.1, -0.05) is 6.07 Å². The second-order valence-corrected chi connectivity index (χ2v) is 7.13. The Morgan fingerprint density at radius 3 is 2.92 bits per heavy atom. The Bertz CT molecular complexity index is 973. The molecule has 3 heterocycles. The van der Waals surface area contributed by atoms with Gasteiger partial charge in [0.15, 0.2) is 0 Å². The van der Waals surface area contributed by atoms with Gasteiger partial charge in [-0.25, -0.2) is 4.98 Å². The van der Waals surface area contributed by atoms with Crippen LogP contribution in [0.4, 0.5) is 0 Å². The highest BCUT2D eigenvalue weighted by Crippen LogP contribution is 2.34. The summed E-state index contributed by atoms with van der Waals surface area (Å²) in [7, 11) is 0. The second-order valence-electron chi connectivity index (χ2n) is 5.90. The zero-order valence-electron chi connectivity index (χ0n) is 13.2. The molecule has 1 saturated carbocycles. The molecule has 0 unspecified atom stereocenters. The average Bonchev–Trinajstić information content (AvgIpc) is 3.36. The minimum atomic E-state index is -0.222. The number of nitrogens with zero attached hydrogens (tertiary/aromatic N) is 3. The molecule has 0 aliphatic heterocycles. The summed E-state index contributed by atoms with van der Waals surface area (Å²) >= 11 is 1.34. The number of hydrogen-bond donors (Lipinski definition) is 1. The van der Waals surface area contributed by atoms with Crippen molar-refractivity contribution in [2.75, 3.05) is 0 Å². The Morgan fingerprint density at radius 2 is 2.21 bits per heavy atom. The van der Waals surface area contributed by atoms with Gasteiger partial charge in [0.05, 0.1) is 24.1 Å². The third-order valence-corrected chi connectivity index (χ3v) is 5.21. The van der Waals surface area contributed by atoms with E-state index in [1.807, 2.05) is 25.1 Å². The summed E-state index contributed by atoms with van der Waals surface area (Å²) in [5.74, 6) is -0.222. The minimum absolute atomic E-state index is 0.0422. The van der Waals surface area contributed by atoms with Gasteiger partial charge in [-0.15, -0.1) is 11.3 Å². The SMILES string of the molecule is Cc1sc2c(=O)n(C3CC3)cnc2c1C(=O)NCc1ccccn1. The van der Waals surface area contributed by atoms with E-state index in [2.05, 4.69) is 15.3 Å². The van der Waals surface area contributed by atoms with E-state index < -0.39 is 0 Å². The van der Waals surface area contributed by atoms with E-state index in [-0.39, 0.29) is 17.5 Å². The molecule has 24 heavy (non-hydrogen) atoms. The predicted molar refractivity (Wildman–Crippen MR) is 92.3 cm³/mol. The summed E-state index contributed by atoms with van der Waals surface area (Å²) in [6.07, 6.45) is 5.31. The molecular weight excluding hydrogens is 324 g/mol. The van der Waals surface area contributed by atoms with Crippen molar-refractivity contribution in [1.29, 1.82) is 0 Å². The molecule has 6 nitrogen and oxygen atoms in total. The lowest BCUT2D eigenvalue weighted by Crippen LogP contribution is -2.24. The van der Waals surface area contributed by atoms with Gasteiger partial charge in [0.25, 0.3) is 11.5 Å². The van der Waals surface area contributed by atoms with Gasteiger partial charge in [0.2, 0.25) is 0 Å². The molecule has 3 aromatic heterocycles. The lowest BCUT2D eigenvalue weighted by molar-refractivity contribution is 0.0951. The Kier molecular flexibility index (Phi) is 3.65. The van der Waals surface area contributed by atoms with Crippen LogP contribution in [0.25, 0.3) is 10.2 Å². The molecule has 0 spiro atoms. The van der Waals surface area contributed by atoms with E-state index in [0.29, 0.717) is 22.3 Å².